The number of phenolic OH excluding ortho intramolecular Hbond substituents is 4. The zero-order valence-electron chi connectivity index (χ0n) is 70.2. The molecule has 0 aliphatic carbocycles. The first-order chi connectivity index (χ1) is 60.1. The van der Waals surface area contributed by atoms with E-state index in [1.165, 1.54) is 24.3 Å². The molecule has 0 atom stereocenters. The van der Waals surface area contributed by atoms with E-state index in [-0.39, 0.29) is 88.8 Å². The summed E-state index contributed by atoms with van der Waals surface area (Å²) in [5, 5.41) is 52.6. The Bertz CT molecular complexity index is 5790. The Morgan fingerprint density at radius 3 is 1.14 bits per heavy atom. The van der Waals surface area contributed by atoms with Crippen LogP contribution in [0.4, 0.5) is 17.5 Å². The van der Waals surface area contributed by atoms with Crippen molar-refractivity contribution in [3.8, 4) is 34.5 Å². The third-order valence-corrected chi connectivity index (χ3v) is 22.0. The van der Waals surface area contributed by atoms with Crippen LogP contribution in [0.2, 0.25) is 0 Å². The van der Waals surface area contributed by atoms with Gasteiger partial charge in [-0.15, -0.1) is 34.8 Å². The zero-order chi connectivity index (χ0) is 89.7. The number of nitrogen functional groups attached to an aromatic ring is 3. The summed E-state index contributed by atoms with van der Waals surface area (Å²) in [5.74, 6) is 1.52. The van der Waals surface area contributed by atoms with Crippen LogP contribution in [-0.4, -0.2) is 178 Å². The molecule has 672 valence electrons. The number of rotatable bonds is 46. The minimum absolute atomic E-state index is 0.0276. The van der Waals surface area contributed by atoms with Crippen molar-refractivity contribution in [3.05, 3.63) is 160 Å². The second-order valence-corrected chi connectivity index (χ2v) is 33.1. The predicted molar refractivity (Wildman–Crippen MR) is 485 cm³/mol. The van der Waals surface area contributed by atoms with Crippen molar-refractivity contribution in [3.63, 3.8) is 0 Å². The smallest absolute Gasteiger partial charge is 0.508 e. The number of aromatic nitrogens is 9. The van der Waals surface area contributed by atoms with E-state index >= 15 is 0 Å². The molecule has 0 aliphatic heterocycles. The van der Waals surface area contributed by atoms with Crippen LogP contribution in [-0.2, 0) is 95.9 Å². The summed E-state index contributed by atoms with van der Waals surface area (Å²) in [6, 6.07) is 31.8. The molecule has 0 unspecified atom stereocenters. The summed E-state index contributed by atoms with van der Waals surface area (Å²) in [6.07, 6.45) is 14.6. The van der Waals surface area contributed by atoms with E-state index < -0.39 is 15.6 Å². The number of halogens is 3. The minimum atomic E-state index is -4.94. The molecule has 33 nitrogen and oxygen atoms in total. The van der Waals surface area contributed by atoms with E-state index in [9.17, 15) is 63.5 Å². The number of carbonyl (C=O) groups excluding carboxylic acids is 3. The lowest BCUT2D eigenvalue weighted by atomic mass is 10.1. The summed E-state index contributed by atoms with van der Waals surface area (Å²) in [6.45, 7) is 11.9. The fourth-order valence-corrected chi connectivity index (χ4v) is 15.5. The number of aromatic hydroxyl groups is 4. The van der Waals surface area contributed by atoms with Crippen LogP contribution in [0.1, 0.15) is 149 Å². The summed E-state index contributed by atoms with van der Waals surface area (Å²) in [5.41, 5.74) is 30.1. The monoisotopic (exact) mass is 1820 g/mol. The molecule has 6 aromatic carbocycles. The summed E-state index contributed by atoms with van der Waals surface area (Å²) >= 11 is 16.4. The maximum absolute atomic E-state index is 11.7. The lowest BCUT2D eigenvalue weighted by Gasteiger charge is -2.16. The highest BCUT2D eigenvalue weighted by Crippen LogP contribution is 2.46. The maximum atomic E-state index is 11.7. The number of aryl methyl sites for hydroxylation is 6. The first-order valence-electron chi connectivity index (χ1n) is 41.7. The number of anilines is 3. The number of alkyl halides is 3. The van der Waals surface area contributed by atoms with Crippen LogP contribution in [0, 0.1) is 0 Å². The van der Waals surface area contributed by atoms with Crippen LogP contribution in [0.3, 0.4) is 0 Å². The van der Waals surface area contributed by atoms with Gasteiger partial charge in [0, 0.05) is 111 Å². The number of phenols is 4. The number of hydrogen-bond donors (Lipinski definition) is 14. The molecule has 17 N–H and O–H groups in total. The number of nitrogens with two attached hydrogens (primary N) is 3. The number of unbranched alkanes of at least 4 members (excludes halogenated alkanes) is 3. The number of imidazole rings is 3. The third kappa shape index (κ3) is 27.6. The standard InChI is InChI=1S/2C29H37ClN5O7P.C29H36ClN5O4/c1-2-3-10-24-34-26-27(35(24)18-20-8-4-9-23(28(20)37)42-43(38,39)40)21-16-19(11-12-22(21)33-29(26)31)7-5-14-41-15-6-13-32-25(36)17-30;1-2-3-10-24-34-26-27(35(24)18-20-8-4-9-23(36)28(20)42-43(38,39)40)21-16-19(11-12-22(21)33-29(26)31)7-5-14-41-15-6-13-32-25(37)17-30;1-2-3-7-25-34-27-28(35(25)18-20-16-21(36)9-11-24(20)37)22-15-19(8-10-23(22)33-29(27)31)6-4-13-39-14-5-12-32-26(38)17-30/h4,8-9,11-12,16,37H,2-3,5-7,10,13-15,17-18H2,1H3,(H2,31,33)(H,32,36)(H2,38,39,40);4,8-9,11-12,16,36H,2-3,5-7,10,13-15,17-18H2,1H3,(H2,31,33)(H,32,37)(H2,38,39,40);8-11,15-16,36-37H,2-7,12-14,17-18H2,1H3,(H2,31,33)(H,32,38). The number of benzene rings is 6. The highest BCUT2D eigenvalue weighted by atomic mass is 35.5. The number of carbonyl (C=O) groups is 3. The molecule has 0 radical (unpaired) electrons. The van der Waals surface area contributed by atoms with Gasteiger partial charge in [0.1, 0.15) is 63.2 Å². The van der Waals surface area contributed by atoms with Gasteiger partial charge in [-0.25, -0.2) is 39.0 Å². The number of ether oxygens (including phenoxy) is 3. The van der Waals surface area contributed by atoms with Crippen molar-refractivity contribution in [2.45, 2.75) is 156 Å². The SMILES string of the molecule is CCCCc1nc2c(N)nc3ccc(CCCOCCCNC(=O)CCl)cc3c2n1Cc1cc(O)ccc1O.CCCCc1nc2c(N)nc3ccc(CCCOCCCNC(=O)CCl)cc3c2n1Cc1cccc(O)c1OP(=O)(O)O.CCCCc1nc2c(N)nc3ccc(CCCOCCCNC(=O)CCl)cc3c2n1Cc1cccc(OP(=O)(O)O)c1O. The number of pyridine rings is 3. The highest BCUT2D eigenvalue weighted by Gasteiger charge is 2.28. The van der Waals surface area contributed by atoms with Gasteiger partial charge >= 0.3 is 15.6 Å². The van der Waals surface area contributed by atoms with E-state index in [1.807, 2.05) is 39.5 Å². The molecule has 125 heavy (non-hydrogen) atoms. The lowest BCUT2D eigenvalue weighted by Crippen LogP contribution is -2.26. The van der Waals surface area contributed by atoms with Crippen molar-refractivity contribution in [2.24, 2.45) is 0 Å². The maximum Gasteiger partial charge on any atom is 0.524 e. The molecular weight excluding hydrogens is 1710 g/mol. The van der Waals surface area contributed by atoms with E-state index in [2.05, 4.69) is 80.5 Å². The molecule has 0 bridgehead atoms. The Balaban J connectivity index is 0.000000196. The van der Waals surface area contributed by atoms with E-state index in [4.69, 9.17) is 90.2 Å². The number of nitrogens with zero attached hydrogens (tertiary/aromatic N) is 9. The van der Waals surface area contributed by atoms with Gasteiger partial charge in [-0.05, 0) is 160 Å². The van der Waals surface area contributed by atoms with Crippen molar-refractivity contribution in [2.75, 3.05) is 94.1 Å². The first kappa shape index (κ1) is 96.8. The molecule has 12 aromatic rings. The fraction of sp³-hybridized carbons (Fsp3) is 0.414. The Labute approximate surface area is 738 Å². The van der Waals surface area contributed by atoms with Gasteiger partial charge in [0.2, 0.25) is 17.7 Å². The zero-order valence-corrected chi connectivity index (χ0v) is 74.2. The third-order valence-electron chi connectivity index (χ3n) is 20.4. The predicted octanol–water partition coefficient (Wildman–Crippen LogP) is 13.5. The molecule has 0 fully saturated rings. The number of phosphoric ester groups is 2. The van der Waals surface area contributed by atoms with E-state index in [0.717, 1.165) is 162 Å². The van der Waals surface area contributed by atoms with Gasteiger partial charge in [0.15, 0.2) is 40.5 Å². The van der Waals surface area contributed by atoms with Crippen molar-refractivity contribution < 1.29 is 86.8 Å². The highest BCUT2D eigenvalue weighted by molar-refractivity contribution is 7.47. The molecule has 0 aliphatic rings. The quantitative estimate of drug-likeness (QED) is 0.00729. The van der Waals surface area contributed by atoms with E-state index in [0.29, 0.717) is 147 Å². The molecule has 38 heteroatoms. The molecule has 3 amide bonds. The Kier molecular flexibility index (Phi) is 36.6. The Morgan fingerprint density at radius 1 is 0.408 bits per heavy atom. The van der Waals surface area contributed by atoms with Gasteiger partial charge in [0.25, 0.3) is 0 Å². The Morgan fingerprint density at radius 2 is 0.768 bits per heavy atom. The number of hydrogen-bond acceptors (Lipinski definition) is 23. The van der Waals surface area contributed by atoms with Crippen molar-refractivity contribution >= 4 is 151 Å². The molecule has 12 rings (SSSR count). The van der Waals surface area contributed by atoms with E-state index in [1.54, 1.807) is 30.3 Å². The van der Waals surface area contributed by atoms with Crippen LogP contribution < -0.4 is 42.2 Å². The summed E-state index contributed by atoms with van der Waals surface area (Å²) in [4.78, 5) is 99.4. The fourth-order valence-electron chi connectivity index (χ4n) is 14.4. The number of para-hydroxylation sites is 2. The molecule has 0 saturated heterocycles. The lowest BCUT2D eigenvalue weighted by molar-refractivity contribution is -0.119. The average Bonchev–Trinajstić information content (AvgIpc) is 1.62. The van der Waals surface area contributed by atoms with Gasteiger partial charge in [-0.1, -0.05) is 82.5 Å². The largest absolute Gasteiger partial charge is 0.524 e. The summed E-state index contributed by atoms with van der Waals surface area (Å²) < 4.78 is 55.9. The van der Waals surface area contributed by atoms with Gasteiger partial charge in [0.05, 0.1) is 52.7 Å². The second kappa shape index (κ2) is 47.3. The summed E-state index contributed by atoms with van der Waals surface area (Å²) in [7, 11) is -9.81. The Hall–Kier alpha value is -10.4. The number of fused-ring (bicyclic) bond motifs is 9. The molecular formula is C87H110Cl3N15O18P2. The van der Waals surface area contributed by atoms with Gasteiger partial charge < -0.3 is 90.5 Å². The normalized spacial score (nSPS) is 11.7. The van der Waals surface area contributed by atoms with Crippen molar-refractivity contribution in [1.29, 1.82) is 0 Å². The number of nitrogens with one attached hydrogen (secondary N) is 3. The van der Waals surface area contributed by atoms with Crippen molar-refractivity contribution in [1.82, 2.24) is 59.6 Å². The van der Waals surface area contributed by atoms with Crippen LogP contribution in [0.25, 0.3) is 65.8 Å². The van der Waals surface area contributed by atoms with Crippen LogP contribution in [0.5, 0.6) is 34.5 Å². The molecule has 0 spiro atoms. The van der Waals surface area contributed by atoms with Crippen LogP contribution >= 0.6 is 50.4 Å². The van der Waals surface area contributed by atoms with Gasteiger partial charge in [-0.3, -0.25) is 34.0 Å². The first-order valence-corrected chi connectivity index (χ1v) is 46.3. The topological polar surface area (TPSA) is 500 Å². The number of amides is 3. The minimum Gasteiger partial charge on any atom is -0.508 e. The molecule has 6 aromatic heterocycles. The number of phosphoric acid groups is 2. The van der Waals surface area contributed by atoms with Crippen LogP contribution in [0.15, 0.2) is 109 Å². The molecule has 0 saturated carbocycles. The molecule has 6 heterocycles. The van der Waals surface area contributed by atoms with Gasteiger partial charge in [-0.2, -0.15) is 0 Å². The second-order valence-electron chi connectivity index (χ2n) is 30.0. The average molecular weight is 1820 g/mol.